The molecule has 0 aliphatic rings. The normalized spacial score (nSPS) is 10.6. The van der Waals surface area contributed by atoms with Crippen LogP contribution in [0.25, 0.3) is 0 Å². The number of hydrogen-bond acceptors (Lipinski definition) is 4. The first kappa shape index (κ1) is 21.2. The summed E-state index contributed by atoms with van der Waals surface area (Å²) in [6.45, 7) is 4.74. The summed E-state index contributed by atoms with van der Waals surface area (Å²) in [5, 5.41) is 2.83. The molecule has 0 fully saturated rings. The van der Waals surface area contributed by atoms with Crippen LogP contribution in [-0.2, 0) is 4.79 Å². The number of nitrogens with two attached hydrogens (primary N) is 2. The van der Waals surface area contributed by atoms with Gasteiger partial charge in [-0.2, -0.15) is 0 Å². The zero-order valence-corrected chi connectivity index (χ0v) is 14.4. The van der Waals surface area contributed by atoms with Crippen LogP contribution in [0, 0.1) is 0 Å². The van der Waals surface area contributed by atoms with Gasteiger partial charge in [-0.3, -0.25) is 9.59 Å². The van der Waals surface area contributed by atoms with Crippen molar-refractivity contribution < 1.29 is 14.3 Å². The van der Waals surface area contributed by atoms with Gasteiger partial charge in [0.2, 0.25) is 11.8 Å². The summed E-state index contributed by atoms with van der Waals surface area (Å²) in [6, 6.07) is 6.47. The lowest BCUT2D eigenvalue weighted by atomic mass is 9.94. The monoisotopic (exact) mass is 343 g/mol. The highest BCUT2D eigenvalue weighted by Gasteiger charge is 2.20. The van der Waals surface area contributed by atoms with Crippen molar-refractivity contribution in [2.75, 3.05) is 13.2 Å². The van der Waals surface area contributed by atoms with E-state index in [1.165, 1.54) is 0 Å². The molecule has 0 aliphatic carbocycles. The lowest BCUT2D eigenvalue weighted by molar-refractivity contribution is -0.121. The molecule has 0 aromatic heterocycles. The Morgan fingerprint density at radius 2 is 1.74 bits per heavy atom. The first-order valence-electron chi connectivity index (χ1n) is 7.48. The summed E-state index contributed by atoms with van der Waals surface area (Å²) in [7, 11) is 0. The van der Waals surface area contributed by atoms with E-state index in [0.717, 1.165) is 12.8 Å². The summed E-state index contributed by atoms with van der Waals surface area (Å²) in [6.07, 6.45) is 1.88. The van der Waals surface area contributed by atoms with Gasteiger partial charge in [0.05, 0.1) is 13.0 Å². The maximum absolute atomic E-state index is 11.7. The van der Waals surface area contributed by atoms with Crippen LogP contribution < -0.4 is 21.5 Å². The van der Waals surface area contributed by atoms with E-state index in [1.54, 1.807) is 24.3 Å². The van der Waals surface area contributed by atoms with Crippen LogP contribution in [0.1, 0.15) is 43.5 Å². The maximum atomic E-state index is 11.7. The van der Waals surface area contributed by atoms with Crippen molar-refractivity contribution in [3.05, 3.63) is 29.8 Å². The average molecular weight is 344 g/mol. The van der Waals surface area contributed by atoms with E-state index in [1.807, 2.05) is 13.8 Å². The zero-order valence-electron chi connectivity index (χ0n) is 13.6. The number of benzene rings is 1. The molecule has 0 unspecified atom stereocenters. The number of nitrogens with one attached hydrogen (secondary N) is 1. The largest absolute Gasteiger partial charge is 0.493 e. The minimum atomic E-state index is -0.483. The minimum Gasteiger partial charge on any atom is -0.493 e. The Kier molecular flexibility index (Phi) is 9.29. The van der Waals surface area contributed by atoms with E-state index < -0.39 is 5.91 Å². The molecule has 6 nitrogen and oxygen atoms in total. The van der Waals surface area contributed by atoms with Crippen molar-refractivity contribution in [2.24, 2.45) is 11.5 Å². The van der Waals surface area contributed by atoms with Crippen molar-refractivity contribution >= 4 is 24.2 Å². The van der Waals surface area contributed by atoms with Gasteiger partial charge in [0, 0.05) is 17.6 Å². The van der Waals surface area contributed by atoms with Gasteiger partial charge >= 0.3 is 0 Å². The molecule has 130 valence electrons. The molecule has 0 bridgehead atoms. The van der Waals surface area contributed by atoms with Gasteiger partial charge in [-0.15, -0.1) is 12.4 Å². The molecule has 0 aliphatic heterocycles. The fraction of sp³-hybridized carbons (Fsp3) is 0.500. The lowest BCUT2D eigenvalue weighted by Crippen LogP contribution is -2.49. The van der Waals surface area contributed by atoms with Crippen molar-refractivity contribution in [3.8, 4) is 5.75 Å². The summed E-state index contributed by atoms with van der Waals surface area (Å²) in [4.78, 5) is 22.7. The molecule has 0 atom stereocenters. The van der Waals surface area contributed by atoms with Crippen LogP contribution in [0.15, 0.2) is 24.3 Å². The third kappa shape index (κ3) is 7.34. The van der Waals surface area contributed by atoms with Gasteiger partial charge in [-0.25, -0.2) is 0 Å². The fourth-order valence-electron chi connectivity index (χ4n) is 1.84. The van der Waals surface area contributed by atoms with E-state index in [-0.39, 0.29) is 36.9 Å². The Bertz CT molecular complexity index is 502. The number of carbonyl (C=O) groups excluding carboxylic acids is 2. The van der Waals surface area contributed by atoms with E-state index >= 15 is 0 Å². The number of amides is 2. The Morgan fingerprint density at radius 3 is 2.22 bits per heavy atom. The van der Waals surface area contributed by atoms with Crippen molar-refractivity contribution in [1.82, 2.24) is 5.32 Å². The second-order valence-corrected chi connectivity index (χ2v) is 5.33. The molecule has 0 spiro atoms. The molecule has 0 saturated heterocycles. The third-order valence-corrected chi connectivity index (χ3v) is 3.78. The highest BCUT2D eigenvalue weighted by molar-refractivity contribution is 5.92. The number of rotatable bonds is 9. The molecule has 7 heteroatoms. The third-order valence-electron chi connectivity index (χ3n) is 3.78. The molecule has 0 saturated carbocycles. The van der Waals surface area contributed by atoms with Gasteiger partial charge in [-0.1, -0.05) is 13.8 Å². The Morgan fingerprint density at radius 1 is 1.17 bits per heavy atom. The average Bonchev–Trinajstić information content (AvgIpc) is 2.53. The van der Waals surface area contributed by atoms with Crippen molar-refractivity contribution in [3.63, 3.8) is 0 Å². The van der Waals surface area contributed by atoms with E-state index in [9.17, 15) is 9.59 Å². The Hall–Kier alpha value is -1.79. The highest BCUT2D eigenvalue weighted by atomic mass is 35.5. The number of ether oxygens (including phenoxy) is 1. The van der Waals surface area contributed by atoms with Crippen LogP contribution in [0.2, 0.25) is 0 Å². The molecule has 2 amide bonds. The van der Waals surface area contributed by atoms with E-state index in [2.05, 4.69) is 5.32 Å². The predicted octanol–water partition coefficient (Wildman–Crippen LogP) is 1.61. The summed E-state index contributed by atoms with van der Waals surface area (Å²) in [5.41, 5.74) is 11.3. The maximum Gasteiger partial charge on any atom is 0.248 e. The van der Waals surface area contributed by atoms with Crippen LogP contribution >= 0.6 is 12.4 Å². The topological polar surface area (TPSA) is 107 Å². The molecule has 1 rings (SSSR count). The number of primary amides is 1. The molecular weight excluding hydrogens is 318 g/mol. The fourth-order valence-corrected chi connectivity index (χ4v) is 1.84. The molecule has 0 radical (unpaired) electrons. The van der Waals surface area contributed by atoms with Gasteiger partial charge in [0.15, 0.2) is 0 Å². The summed E-state index contributed by atoms with van der Waals surface area (Å²) >= 11 is 0. The van der Waals surface area contributed by atoms with Gasteiger partial charge in [0.25, 0.3) is 0 Å². The SMILES string of the molecule is CCC(N)(CC)CNC(=O)CCOc1ccc(C(N)=O)cc1.Cl. The second-order valence-electron chi connectivity index (χ2n) is 5.33. The number of hydrogen-bond donors (Lipinski definition) is 3. The van der Waals surface area contributed by atoms with Crippen molar-refractivity contribution in [2.45, 2.75) is 38.6 Å². The van der Waals surface area contributed by atoms with Gasteiger partial charge in [0.1, 0.15) is 5.75 Å². The Labute approximate surface area is 143 Å². The first-order valence-corrected chi connectivity index (χ1v) is 7.48. The quantitative estimate of drug-likeness (QED) is 0.633. The molecule has 5 N–H and O–H groups in total. The van der Waals surface area contributed by atoms with E-state index in [0.29, 0.717) is 17.9 Å². The molecule has 1 aromatic carbocycles. The first-order chi connectivity index (χ1) is 10.4. The predicted molar refractivity (Wildman–Crippen MR) is 92.8 cm³/mol. The molecule has 23 heavy (non-hydrogen) atoms. The van der Waals surface area contributed by atoms with Crippen LogP contribution in [0.4, 0.5) is 0 Å². The lowest BCUT2D eigenvalue weighted by Gasteiger charge is -2.26. The van der Waals surface area contributed by atoms with Crippen LogP contribution in [0.5, 0.6) is 5.75 Å². The smallest absolute Gasteiger partial charge is 0.248 e. The van der Waals surface area contributed by atoms with Crippen LogP contribution in [-0.4, -0.2) is 30.5 Å². The minimum absolute atomic E-state index is 0. The molecular formula is C16H26ClN3O3. The van der Waals surface area contributed by atoms with Crippen molar-refractivity contribution in [1.29, 1.82) is 0 Å². The van der Waals surface area contributed by atoms with Crippen LogP contribution in [0.3, 0.4) is 0 Å². The second kappa shape index (κ2) is 10.1. The summed E-state index contributed by atoms with van der Waals surface area (Å²) < 4.78 is 5.45. The number of carbonyl (C=O) groups is 2. The summed E-state index contributed by atoms with van der Waals surface area (Å²) in [5.74, 6) is 0.0154. The highest BCUT2D eigenvalue weighted by Crippen LogP contribution is 2.12. The van der Waals surface area contributed by atoms with Gasteiger partial charge < -0.3 is 21.5 Å². The zero-order chi connectivity index (χ0) is 16.6. The van der Waals surface area contributed by atoms with Gasteiger partial charge in [-0.05, 0) is 37.1 Å². The molecule has 1 aromatic rings. The number of halogens is 1. The standard InChI is InChI=1S/C16H25N3O3.ClH/c1-3-16(18,4-2)11-19-14(20)9-10-22-13-7-5-12(6-8-13)15(17)21;/h5-8H,3-4,9-11,18H2,1-2H3,(H2,17,21)(H,19,20);1H. The van der Waals surface area contributed by atoms with E-state index in [4.69, 9.17) is 16.2 Å². The molecule has 0 heterocycles. The Balaban J connectivity index is 0.00000484.